The molecular formula is C16H16N2. The van der Waals surface area contributed by atoms with E-state index in [2.05, 4.69) is 48.6 Å². The molecule has 18 heavy (non-hydrogen) atoms. The van der Waals surface area contributed by atoms with Gasteiger partial charge >= 0.3 is 0 Å². The number of benzene rings is 2. The maximum Gasteiger partial charge on any atom is 0.0927 e. The predicted octanol–water partition coefficient (Wildman–Crippen LogP) is 3.98. The van der Waals surface area contributed by atoms with Crippen molar-refractivity contribution >= 4 is 10.9 Å². The van der Waals surface area contributed by atoms with Crippen molar-refractivity contribution < 1.29 is 0 Å². The molecule has 2 aromatic carbocycles. The van der Waals surface area contributed by atoms with Crippen molar-refractivity contribution in [2.45, 2.75) is 19.8 Å². The van der Waals surface area contributed by atoms with Crippen molar-refractivity contribution in [1.82, 2.24) is 9.78 Å². The van der Waals surface area contributed by atoms with Gasteiger partial charge in [-0.1, -0.05) is 37.6 Å². The Morgan fingerprint density at radius 2 is 1.89 bits per heavy atom. The van der Waals surface area contributed by atoms with Crippen molar-refractivity contribution in [3.63, 3.8) is 0 Å². The SMILES string of the molecule is CCCc1ccc2nn(-c3ccccc3)cc2c1. The summed E-state index contributed by atoms with van der Waals surface area (Å²) in [6.07, 6.45) is 4.41. The van der Waals surface area contributed by atoms with Gasteiger partial charge in [0.05, 0.1) is 11.2 Å². The quantitative estimate of drug-likeness (QED) is 0.672. The summed E-state index contributed by atoms with van der Waals surface area (Å²) in [5.41, 5.74) is 3.54. The van der Waals surface area contributed by atoms with Crippen LogP contribution in [0.15, 0.2) is 54.7 Å². The molecule has 2 heteroatoms. The highest BCUT2D eigenvalue weighted by molar-refractivity contribution is 5.79. The van der Waals surface area contributed by atoms with Gasteiger partial charge in [0.15, 0.2) is 0 Å². The molecule has 0 aliphatic heterocycles. The van der Waals surface area contributed by atoms with Gasteiger partial charge in [-0.3, -0.25) is 0 Å². The van der Waals surface area contributed by atoms with Crippen LogP contribution < -0.4 is 0 Å². The number of fused-ring (bicyclic) bond motifs is 1. The van der Waals surface area contributed by atoms with Gasteiger partial charge in [0.1, 0.15) is 0 Å². The first-order valence-electron chi connectivity index (χ1n) is 6.40. The van der Waals surface area contributed by atoms with Crippen LogP contribution in [-0.2, 0) is 6.42 Å². The summed E-state index contributed by atoms with van der Waals surface area (Å²) < 4.78 is 1.94. The largest absolute Gasteiger partial charge is 0.240 e. The Morgan fingerprint density at radius 1 is 1.06 bits per heavy atom. The van der Waals surface area contributed by atoms with Crippen LogP contribution in [0.3, 0.4) is 0 Å². The third-order valence-corrected chi connectivity index (χ3v) is 3.13. The van der Waals surface area contributed by atoms with Gasteiger partial charge in [-0.05, 0) is 36.2 Å². The zero-order chi connectivity index (χ0) is 12.4. The standard InChI is InChI=1S/C16H16N2/c1-2-6-13-9-10-16-14(11-13)12-18(17-16)15-7-4-3-5-8-15/h3-5,7-12H,2,6H2,1H3. The molecule has 0 saturated carbocycles. The summed E-state index contributed by atoms with van der Waals surface area (Å²) in [5, 5.41) is 5.81. The van der Waals surface area contributed by atoms with Crippen LogP contribution in [-0.4, -0.2) is 9.78 Å². The first-order valence-corrected chi connectivity index (χ1v) is 6.40. The maximum absolute atomic E-state index is 4.60. The van der Waals surface area contributed by atoms with E-state index < -0.39 is 0 Å². The molecule has 0 radical (unpaired) electrons. The smallest absolute Gasteiger partial charge is 0.0927 e. The Bertz CT molecular complexity index is 653. The lowest BCUT2D eigenvalue weighted by Gasteiger charge is -1.98. The molecule has 0 aliphatic rings. The lowest BCUT2D eigenvalue weighted by atomic mass is 10.1. The van der Waals surface area contributed by atoms with Crippen LogP contribution in [0.4, 0.5) is 0 Å². The van der Waals surface area contributed by atoms with E-state index in [1.54, 1.807) is 0 Å². The van der Waals surface area contributed by atoms with Crippen LogP contribution in [0.5, 0.6) is 0 Å². The Hall–Kier alpha value is -2.09. The summed E-state index contributed by atoms with van der Waals surface area (Å²) in [5.74, 6) is 0. The molecule has 3 aromatic rings. The van der Waals surface area contributed by atoms with Crippen molar-refractivity contribution in [2.75, 3.05) is 0 Å². The first kappa shape index (κ1) is 11.0. The molecule has 1 heterocycles. The van der Waals surface area contributed by atoms with E-state index >= 15 is 0 Å². The van der Waals surface area contributed by atoms with Crippen molar-refractivity contribution in [3.8, 4) is 5.69 Å². The number of nitrogens with zero attached hydrogens (tertiary/aromatic N) is 2. The molecule has 1 aromatic heterocycles. The molecule has 0 saturated heterocycles. The van der Waals surface area contributed by atoms with Gasteiger partial charge in [-0.2, -0.15) is 5.10 Å². The molecule has 0 bridgehead atoms. The summed E-state index contributed by atoms with van der Waals surface area (Å²) in [4.78, 5) is 0. The van der Waals surface area contributed by atoms with Crippen LogP contribution in [0.1, 0.15) is 18.9 Å². The van der Waals surface area contributed by atoms with Gasteiger partial charge in [0, 0.05) is 11.6 Å². The summed E-state index contributed by atoms with van der Waals surface area (Å²) in [6.45, 7) is 2.21. The molecule has 0 atom stereocenters. The normalized spacial score (nSPS) is 10.9. The Morgan fingerprint density at radius 3 is 2.67 bits per heavy atom. The highest BCUT2D eigenvalue weighted by atomic mass is 15.3. The van der Waals surface area contributed by atoms with Crippen LogP contribution in [0, 0.1) is 0 Å². The minimum Gasteiger partial charge on any atom is -0.240 e. The first-order chi connectivity index (χ1) is 8.86. The second-order valence-electron chi connectivity index (χ2n) is 4.55. The molecule has 0 unspecified atom stereocenters. The lowest BCUT2D eigenvalue weighted by molar-refractivity contribution is 0.896. The molecule has 0 fully saturated rings. The second kappa shape index (κ2) is 4.65. The molecule has 0 aliphatic carbocycles. The zero-order valence-electron chi connectivity index (χ0n) is 10.5. The van der Waals surface area contributed by atoms with E-state index in [1.807, 2.05) is 22.9 Å². The van der Waals surface area contributed by atoms with Gasteiger partial charge in [0.2, 0.25) is 0 Å². The highest BCUT2D eigenvalue weighted by Gasteiger charge is 2.03. The third-order valence-electron chi connectivity index (χ3n) is 3.13. The van der Waals surface area contributed by atoms with Crippen LogP contribution in [0.2, 0.25) is 0 Å². The highest BCUT2D eigenvalue weighted by Crippen LogP contribution is 2.18. The average Bonchev–Trinajstić information content (AvgIpc) is 2.83. The average molecular weight is 236 g/mol. The number of rotatable bonds is 3. The van der Waals surface area contributed by atoms with Crippen molar-refractivity contribution in [3.05, 3.63) is 60.3 Å². The molecule has 0 amide bonds. The lowest BCUT2D eigenvalue weighted by Crippen LogP contribution is -1.92. The molecule has 2 nitrogen and oxygen atoms in total. The monoisotopic (exact) mass is 236 g/mol. The van der Waals surface area contributed by atoms with E-state index in [1.165, 1.54) is 17.4 Å². The van der Waals surface area contributed by atoms with Gasteiger partial charge in [0.25, 0.3) is 0 Å². The number of aryl methyl sites for hydroxylation is 1. The Kier molecular flexibility index (Phi) is 2.85. The maximum atomic E-state index is 4.60. The minimum absolute atomic E-state index is 1.05. The van der Waals surface area contributed by atoms with E-state index in [0.717, 1.165) is 17.6 Å². The van der Waals surface area contributed by atoms with E-state index in [4.69, 9.17) is 0 Å². The van der Waals surface area contributed by atoms with Crippen LogP contribution in [0.25, 0.3) is 16.6 Å². The predicted molar refractivity (Wildman–Crippen MR) is 75.1 cm³/mol. The summed E-state index contributed by atoms with van der Waals surface area (Å²) in [6, 6.07) is 16.7. The second-order valence-corrected chi connectivity index (χ2v) is 4.55. The Labute approximate surface area is 107 Å². The molecule has 0 spiro atoms. The van der Waals surface area contributed by atoms with Gasteiger partial charge < -0.3 is 0 Å². The van der Waals surface area contributed by atoms with E-state index in [0.29, 0.717) is 0 Å². The topological polar surface area (TPSA) is 17.8 Å². The van der Waals surface area contributed by atoms with Crippen molar-refractivity contribution in [1.29, 1.82) is 0 Å². The molecular weight excluding hydrogens is 220 g/mol. The number of hydrogen-bond donors (Lipinski definition) is 0. The van der Waals surface area contributed by atoms with Crippen LogP contribution >= 0.6 is 0 Å². The zero-order valence-corrected chi connectivity index (χ0v) is 10.5. The number of hydrogen-bond acceptors (Lipinski definition) is 1. The summed E-state index contributed by atoms with van der Waals surface area (Å²) in [7, 11) is 0. The number of para-hydroxylation sites is 1. The number of aromatic nitrogens is 2. The fraction of sp³-hybridized carbons (Fsp3) is 0.188. The summed E-state index contributed by atoms with van der Waals surface area (Å²) >= 11 is 0. The van der Waals surface area contributed by atoms with Gasteiger partial charge in [-0.15, -0.1) is 0 Å². The van der Waals surface area contributed by atoms with E-state index in [9.17, 15) is 0 Å². The molecule has 90 valence electrons. The fourth-order valence-corrected chi connectivity index (χ4v) is 2.23. The molecule has 3 rings (SSSR count). The van der Waals surface area contributed by atoms with E-state index in [-0.39, 0.29) is 0 Å². The Balaban J connectivity index is 2.06. The van der Waals surface area contributed by atoms with Crippen molar-refractivity contribution in [2.24, 2.45) is 0 Å². The fourth-order valence-electron chi connectivity index (χ4n) is 2.23. The minimum atomic E-state index is 1.05. The molecule has 0 N–H and O–H groups in total. The van der Waals surface area contributed by atoms with Gasteiger partial charge in [-0.25, -0.2) is 4.68 Å². The third kappa shape index (κ3) is 2.02.